The summed E-state index contributed by atoms with van der Waals surface area (Å²) < 4.78 is 6.71. The number of rotatable bonds is 2. The first-order chi connectivity index (χ1) is 7.50. The van der Waals surface area contributed by atoms with Gasteiger partial charge in [-0.3, -0.25) is 0 Å². The van der Waals surface area contributed by atoms with Gasteiger partial charge in [0.2, 0.25) is 0 Å². The molecule has 2 heterocycles. The number of nitrogens with two attached hydrogens (primary N) is 1. The first-order valence-electron chi connectivity index (χ1n) is 5.08. The van der Waals surface area contributed by atoms with Gasteiger partial charge in [-0.1, -0.05) is 0 Å². The van der Waals surface area contributed by atoms with Crippen LogP contribution in [-0.2, 0) is 0 Å². The van der Waals surface area contributed by atoms with Crippen LogP contribution in [0.1, 0.15) is 33.6 Å². The lowest BCUT2D eigenvalue weighted by Crippen LogP contribution is -2.11. The summed E-state index contributed by atoms with van der Waals surface area (Å²) in [5, 5.41) is 0. The van der Waals surface area contributed by atoms with E-state index in [4.69, 9.17) is 10.2 Å². The van der Waals surface area contributed by atoms with E-state index in [0.29, 0.717) is 0 Å². The lowest BCUT2D eigenvalue weighted by atomic mass is 10.0. The van der Waals surface area contributed by atoms with Crippen LogP contribution >= 0.6 is 27.3 Å². The van der Waals surface area contributed by atoms with Crippen molar-refractivity contribution in [1.82, 2.24) is 0 Å². The Kier molecular flexibility index (Phi) is 3.24. The summed E-state index contributed by atoms with van der Waals surface area (Å²) >= 11 is 5.12. The maximum Gasteiger partial charge on any atom is 0.106 e. The Labute approximate surface area is 108 Å². The minimum Gasteiger partial charge on any atom is -0.466 e. The van der Waals surface area contributed by atoms with Gasteiger partial charge in [0.15, 0.2) is 0 Å². The average Bonchev–Trinajstić information content (AvgIpc) is 2.73. The van der Waals surface area contributed by atoms with Crippen LogP contribution in [0.4, 0.5) is 0 Å². The van der Waals surface area contributed by atoms with Crippen molar-refractivity contribution < 1.29 is 4.42 Å². The molecule has 0 aliphatic heterocycles. The van der Waals surface area contributed by atoms with Gasteiger partial charge in [0, 0.05) is 10.4 Å². The van der Waals surface area contributed by atoms with Gasteiger partial charge in [-0.2, -0.15) is 0 Å². The van der Waals surface area contributed by atoms with E-state index < -0.39 is 0 Å². The molecule has 0 fully saturated rings. The molecule has 86 valence electrons. The van der Waals surface area contributed by atoms with Gasteiger partial charge in [-0.25, -0.2) is 0 Å². The zero-order valence-corrected chi connectivity index (χ0v) is 11.9. The molecule has 2 aromatic heterocycles. The summed E-state index contributed by atoms with van der Waals surface area (Å²) in [5.41, 5.74) is 8.55. The maximum absolute atomic E-state index is 6.27. The summed E-state index contributed by atoms with van der Waals surface area (Å²) in [4.78, 5) is 1.15. The Morgan fingerprint density at radius 2 is 1.94 bits per heavy atom. The Bertz CT molecular complexity index is 515. The number of halogens is 1. The third kappa shape index (κ3) is 1.97. The second-order valence-electron chi connectivity index (χ2n) is 3.87. The van der Waals surface area contributed by atoms with Crippen molar-refractivity contribution in [3.63, 3.8) is 0 Å². The number of furan rings is 1. The van der Waals surface area contributed by atoms with Crippen LogP contribution < -0.4 is 5.73 Å². The molecule has 0 amide bonds. The molecule has 0 spiro atoms. The quantitative estimate of drug-likeness (QED) is 0.907. The smallest absolute Gasteiger partial charge is 0.106 e. The first-order valence-corrected chi connectivity index (χ1v) is 6.69. The van der Waals surface area contributed by atoms with Crippen molar-refractivity contribution in [3.05, 3.63) is 43.4 Å². The van der Waals surface area contributed by atoms with Crippen molar-refractivity contribution in [3.8, 4) is 0 Å². The van der Waals surface area contributed by atoms with Crippen LogP contribution in [0, 0.1) is 20.8 Å². The van der Waals surface area contributed by atoms with Crippen LogP contribution in [0.5, 0.6) is 0 Å². The van der Waals surface area contributed by atoms with Crippen molar-refractivity contribution in [2.24, 2.45) is 5.73 Å². The predicted molar refractivity (Wildman–Crippen MR) is 71.0 cm³/mol. The Morgan fingerprint density at radius 3 is 2.38 bits per heavy atom. The van der Waals surface area contributed by atoms with E-state index in [2.05, 4.69) is 28.9 Å². The summed E-state index contributed by atoms with van der Waals surface area (Å²) in [6.07, 6.45) is 0. The average molecular weight is 300 g/mol. The van der Waals surface area contributed by atoms with Crippen LogP contribution in [0.15, 0.2) is 20.3 Å². The molecule has 4 heteroatoms. The highest BCUT2D eigenvalue weighted by molar-refractivity contribution is 9.11. The van der Waals surface area contributed by atoms with Crippen molar-refractivity contribution in [2.45, 2.75) is 26.8 Å². The molecule has 0 aliphatic rings. The zero-order valence-electron chi connectivity index (χ0n) is 9.50. The Morgan fingerprint density at radius 1 is 1.25 bits per heavy atom. The van der Waals surface area contributed by atoms with E-state index in [9.17, 15) is 0 Å². The van der Waals surface area contributed by atoms with Gasteiger partial charge in [0.05, 0.1) is 9.83 Å². The second-order valence-corrected chi connectivity index (χ2v) is 6.37. The summed E-state index contributed by atoms with van der Waals surface area (Å²) in [6.45, 7) is 6.00. The fourth-order valence-corrected chi connectivity index (χ4v) is 3.34. The third-order valence-electron chi connectivity index (χ3n) is 2.83. The minimum atomic E-state index is -0.0891. The molecule has 2 N–H and O–H groups in total. The molecule has 0 bridgehead atoms. The fraction of sp³-hybridized carbons (Fsp3) is 0.333. The largest absolute Gasteiger partial charge is 0.466 e. The van der Waals surface area contributed by atoms with Gasteiger partial charge in [0.25, 0.3) is 0 Å². The number of aryl methyl sites for hydroxylation is 2. The Balaban J connectivity index is 2.44. The van der Waals surface area contributed by atoms with E-state index in [-0.39, 0.29) is 6.04 Å². The zero-order chi connectivity index (χ0) is 11.9. The van der Waals surface area contributed by atoms with Gasteiger partial charge in [-0.05, 0) is 54.4 Å². The van der Waals surface area contributed by atoms with Crippen LogP contribution in [0.25, 0.3) is 0 Å². The minimum absolute atomic E-state index is 0.0891. The summed E-state index contributed by atoms with van der Waals surface area (Å²) in [5.74, 6) is 1.88. The maximum atomic E-state index is 6.27. The number of hydrogen-bond donors (Lipinski definition) is 1. The van der Waals surface area contributed by atoms with Crippen molar-refractivity contribution in [1.29, 1.82) is 0 Å². The van der Waals surface area contributed by atoms with Gasteiger partial charge < -0.3 is 10.2 Å². The van der Waals surface area contributed by atoms with Crippen LogP contribution in [-0.4, -0.2) is 0 Å². The molecule has 0 saturated heterocycles. The molecule has 1 atom stereocenters. The molecule has 0 saturated carbocycles. The summed E-state index contributed by atoms with van der Waals surface area (Å²) in [6, 6.07) is 3.99. The normalized spacial score (nSPS) is 13.1. The molecule has 0 aliphatic carbocycles. The molecular weight excluding hydrogens is 286 g/mol. The molecule has 2 aromatic rings. The van der Waals surface area contributed by atoms with Crippen LogP contribution in [0.2, 0.25) is 0 Å². The number of thiophene rings is 1. The van der Waals surface area contributed by atoms with Crippen LogP contribution in [0.3, 0.4) is 0 Å². The van der Waals surface area contributed by atoms with E-state index in [1.54, 1.807) is 11.3 Å². The van der Waals surface area contributed by atoms with Gasteiger partial charge in [-0.15, -0.1) is 11.3 Å². The third-order valence-corrected chi connectivity index (χ3v) is 4.54. The van der Waals surface area contributed by atoms with E-state index in [1.165, 1.54) is 0 Å². The predicted octanol–water partition coefficient (Wildman–Crippen LogP) is 4.08. The molecule has 2 rings (SSSR count). The highest BCUT2D eigenvalue weighted by Gasteiger charge is 2.20. The lowest BCUT2D eigenvalue weighted by molar-refractivity contribution is 0.498. The Hall–Kier alpha value is -0.580. The molecule has 0 radical (unpaired) electrons. The molecular formula is C12H14BrNOS. The number of hydrogen-bond acceptors (Lipinski definition) is 3. The molecule has 0 aromatic carbocycles. The molecule has 1 unspecified atom stereocenters. The summed E-state index contributed by atoms with van der Waals surface area (Å²) in [7, 11) is 0. The second kappa shape index (κ2) is 4.35. The van der Waals surface area contributed by atoms with Crippen molar-refractivity contribution in [2.75, 3.05) is 0 Å². The fourth-order valence-electron chi connectivity index (χ4n) is 1.90. The van der Waals surface area contributed by atoms with E-state index >= 15 is 0 Å². The standard InChI is InChI=1S/C12H14BrNOS/c1-6-7(2)15-8(3)11(6)12(14)9-4-5-10(13)16-9/h4-5,12H,14H2,1-3H3. The van der Waals surface area contributed by atoms with Crippen molar-refractivity contribution >= 4 is 27.3 Å². The highest BCUT2D eigenvalue weighted by Crippen LogP contribution is 2.34. The molecule has 16 heavy (non-hydrogen) atoms. The van der Waals surface area contributed by atoms with Gasteiger partial charge >= 0.3 is 0 Å². The molecule has 2 nitrogen and oxygen atoms in total. The first kappa shape index (κ1) is 11.9. The lowest BCUT2D eigenvalue weighted by Gasteiger charge is -2.09. The van der Waals surface area contributed by atoms with E-state index in [1.807, 2.05) is 19.9 Å². The highest BCUT2D eigenvalue weighted by atomic mass is 79.9. The topological polar surface area (TPSA) is 39.2 Å². The van der Waals surface area contributed by atoms with Gasteiger partial charge in [0.1, 0.15) is 11.5 Å². The SMILES string of the molecule is Cc1oc(C)c(C(N)c2ccc(Br)s2)c1C. The van der Waals surface area contributed by atoms with E-state index in [0.717, 1.165) is 31.3 Å². The monoisotopic (exact) mass is 299 g/mol.